The number of furan rings is 1. The summed E-state index contributed by atoms with van der Waals surface area (Å²) in [7, 11) is 0. The van der Waals surface area contributed by atoms with Gasteiger partial charge >= 0.3 is 0 Å². The molecule has 24 heavy (non-hydrogen) atoms. The van der Waals surface area contributed by atoms with Gasteiger partial charge in [0.05, 0.1) is 19.5 Å². The summed E-state index contributed by atoms with van der Waals surface area (Å²) in [5.74, 6) is 1.33. The zero-order chi connectivity index (χ0) is 16.4. The first-order valence-corrected chi connectivity index (χ1v) is 8.32. The van der Waals surface area contributed by atoms with Crippen LogP contribution in [0.1, 0.15) is 17.0 Å². The molecule has 2 aromatic heterocycles. The maximum absolute atomic E-state index is 12.7. The lowest BCUT2D eigenvalue weighted by Crippen LogP contribution is -2.43. The highest BCUT2D eigenvalue weighted by Crippen LogP contribution is 2.35. The Bertz CT molecular complexity index is 689. The highest BCUT2D eigenvalue weighted by Gasteiger charge is 2.42. The van der Waals surface area contributed by atoms with Crippen molar-refractivity contribution in [3.05, 3.63) is 48.6 Å². The zero-order valence-electron chi connectivity index (χ0n) is 13.6. The molecule has 2 saturated heterocycles. The average Bonchev–Trinajstić information content (AvgIpc) is 3.24. The van der Waals surface area contributed by atoms with Crippen LogP contribution in [0.15, 0.2) is 47.2 Å². The van der Waals surface area contributed by atoms with E-state index in [1.54, 1.807) is 12.1 Å². The Hall–Kier alpha value is -2.34. The maximum Gasteiger partial charge on any atom is 0.289 e. The Kier molecular flexibility index (Phi) is 3.98. The monoisotopic (exact) mass is 327 g/mol. The van der Waals surface area contributed by atoms with Crippen molar-refractivity contribution in [2.75, 3.05) is 44.3 Å². The highest BCUT2D eigenvalue weighted by atomic mass is 16.5. The van der Waals surface area contributed by atoms with Gasteiger partial charge in [-0.2, -0.15) is 0 Å². The molecule has 2 fully saturated rings. The third-order valence-electron chi connectivity index (χ3n) is 4.87. The summed E-state index contributed by atoms with van der Waals surface area (Å²) in [5, 5.41) is 0. The molecule has 0 N–H and O–H groups in total. The number of carbonyl (C=O) groups excluding carboxylic acids is 1. The molecule has 1 atom stereocenters. The standard InChI is InChI=1S/C18H21N3O3/c22-17(15-4-3-10-24-15)21-9-11-23-14-18(13-21)6-8-20(12-18)16-5-1-2-7-19-16/h1-5,7,10H,6,8-9,11-14H2/t18-/m1/s1. The van der Waals surface area contributed by atoms with Crippen LogP contribution in [0.2, 0.25) is 0 Å². The highest BCUT2D eigenvalue weighted by molar-refractivity contribution is 5.91. The number of amides is 1. The van der Waals surface area contributed by atoms with Gasteiger partial charge in [-0.15, -0.1) is 0 Å². The molecule has 0 aromatic carbocycles. The molecule has 2 aliphatic rings. The molecule has 2 aliphatic heterocycles. The van der Waals surface area contributed by atoms with Crippen LogP contribution in [0.3, 0.4) is 0 Å². The molecule has 0 aliphatic carbocycles. The largest absolute Gasteiger partial charge is 0.459 e. The normalized spacial score (nSPS) is 24.3. The van der Waals surface area contributed by atoms with Crippen molar-refractivity contribution in [2.24, 2.45) is 5.41 Å². The number of aromatic nitrogens is 1. The molecule has 1 spiro atoms. The lowest BCUT2D eigenvalue weighted by Gasteiger charge is -2.31. The molecule has 2 aromatic rings. The van der Waals surface area contributed by atoms with Gasteiger partial charge in [0.15, 0.2) is 5.76 Å². The van der Waals surface area contributed by atoms with Gasteiger partial charge in [0.1, 0.15) is 5.82 Å². The minimum atomic E-state index is -0.0545. The summed E-state index contributed by atoms with van der Waals surface area (Å²) >= 11 is 0. The fourth-order valence-electron chi connectivity index (χ4n) is 3.64. The van der Waals surface area contributed by atoms with Crippen molar-refractivity contribution < 1.29 is 13.9 Å². The van der Waals surface area contributed by atoms with E-state index < -0.39 is 0 Å². The van der Waals surface area contributed by atoms with E-state index >= 15 is 0 Å². The number of hydrogen-bond donors (Lipinski definition) is 0. The van der Waals surface area contributed by atoms with Crippen molar-refractivity contribution in [3.63, 3.8) is 0 Å². The molecule has 1 amide bonds. The van der Waals surface area contributed by atoms with E-state index in [4.69, 9.17) is 9.15 Å². The number of pyridine rings is 1. The Morgan fingerprint density at radius 1 is 1.17 bits per heavy atom. The Morgan fingerprint density at radius 2 is 2.12 bits per heavy atom. The SMILES string of the molecule is O=C(c1ccco1)N1CCOC[C@@]2(CCN(c3ccccn3)C2)C1. The molecule has 0 bridgehead atoms. The van der Waals surface area contributed by atoms with Crippen LogP contribution in [-0.2, 0) is 4.74 Å². The van der Waals surface area contributed by atoms with E-state index in [1.165, 1.54) is 6.26 Å². The minimum absolute atomic E-state index is 0.0454. The van der Waals surface area contributed by atoms with Crippen molar-refractivity contribution in [1.82, 2.24) is 9.88 Å². The summed E-state index contributed by atoms with van der Waals surface area (Å²) < 4.78 is 11.1. The first-order chi connectivity index (χ1) is 11.8. The van der Waals surface area contributed by atoms with Crippen molar-refractivity contribution in [2.45, 2.75) is 6.42 Å². The van der Waals surface area contributed by atoms with E-state index in [2.05, 4.69) is 9.88 Å². The molecular formula is C18H21N3O3. The predicted molar refractivity (Wildman–Crippen MR) is 88.9 cm³/mol. The molecule has 0 radical (unpaired) electrons. The van der Waals surface area contributed by atoms with E-state index in [9.17, 15) is 4.79 Å². The van der Waals surface area contributed by atoms with Crippen LogP contribution >= 0.6 is 0 Å². The molecule has 4 heterocycles. The van der Waals surface area contributed by atoms with Crippen molar-refractivity contribution >= 4 is 11.7 Å². The quantitative estimate of drug-likeness (QED) is 0.845. The first-order valence-electron chi connectivity index (χ1n) is 8.32. The topological polar surface area (TPSA) is 58.8 Å². The maximum atomic E-state index is 12.7. The lowest BCUT2D eigenvalue weighted by atomic mass is 9.87. The zero-order valence-corrected chi connectivity index (χ0v) is 13.6. The molecular weight excluding hydrogens is 306 g/mol. The van der Waals surface area contributed by atoms with E-state index in [0.717, 1.165) is 25.3 Å². The lowest BCUT2D eigenvalue weighted by molar-refractivity contribution is 0.0663. The van der Waals surface area contributed by atoms with Crippen LogP contribution in [-0.4, -0.2) is 55.2 Å². The number of anilines is 1. The number of nitrogens with zero attached hydrogens (tertiary/aromatic N) is 3. The fourth-order valence-corrected chi connectivity index (χ4v) is 3.64. The number of ether oxygens (including phenoxy) is 1. The average molecular weight is 327 g/mol. The van der Waals surface area contributed by atoms with E-state index in [1.807, 2.05) is 29.3 Å². The summed E-state index contributed by atoms with van der Waals surface area (Å²) in [6.07, 6.45) is 4.35. The van der Waals surface area contributed by atoms with Crippen molar-refractivity contribution in [3.8, 4) is 0 Å². The van der Waals surface area contributed by atoms with Gasteiger partial charge in [0, 0.05) is 37.8 Å². The van der Waals surface area contributed by atoms with Gasteiger partial charge < -0.3 is 19.0 Å². The van der Waals surface area contributed by atoms with Crippen LogP contribution in [0.5, 0.6) is 0 Å². The van der Waals surface area contributed by atoms with Crippen LogP contribution in [0, 0.1) is 5.41 Å². The second-order valence-corrected chi connectivity index (χ2v) is 6.62. The fraction of sp³-hybridized carbons (Fsp3) is 0.444. The summed E-state index contributed by atoms with van der Waals surface area (Å²) in [6, 6.07) is 9.42. The molecule has 4 rings (SSSR count). The molecule has 6 heteroatoms. The second-order valence-electron chi connectivity index (χ2n) is 6.62. The van der Waals surface area contributed by atoms with Crippen LogP contribution in [0.25, 0.3) is 0 Å². The second kappa shape index (κ2) is 6.28. The summed E-state index contributed by atoms with van der Waals surface area (Å²) in [6.45, 7) is 4.33. The number of hydrogen-bond acceptors (Lipinski definition) is 5. The van der Waals surface area contributed by atoms with Gasteiger partial charge in [0.25, 0.3) is 5.91 Å². The summed E-state index contributed by atoms with van der Waals surface area (Å²) in [5.41, 5.74) is -0.0454. The molecule has 0 unspecified atom stereocenters. The van der Waals surface area contributed by atoms with Gasteiger partial charge in [-0.25, -0.2) is 4.98 Å². The third kappa shape index (κ3) is 2.89. The van der Waals surface area contributed by atoms with Gasteiger partial charge in [-0.05, 0) is 30.7 Å². The molecule has 126 valence electrons. The van der Waals surface area contributed by atoms with Crippen molar-refractivity contribution in [1.29, 1.82) is 0 Å². The van der Waals surface area contributed by atoms with Crippen LogP contribution < -0.4 is 4.90 Å². The Labute approximate surface area is 141 Å². The van der Waals surface area contributed by atoms with E-state index in [0.29, 0.717) is 32.1 Å². The van der Waals surface area contributed by atoms with Gasteiger partial charge in [-0.3, -0.25) is 4.79 Å². The minimum Gasteiger partial charge on any atom is -0.459 e. The molecule has 6 nitrogen and oxygen atoms in total. The predicted octanol–water partition coefficient (Wildman–Crippen LogP) is 2.04. The number of rotatable bonds is 2. The first kappa shape index (κ1) is 15.2. The Morgan fingerprint density at radius 3 is 2.92 bits per heavy atom. The third-order valence-corrected chi connectivity index (χ3v) is 4.87. The number of carbonyl (C=O) groups is 1. The molecule has 0 saturated carbocycles. The Balaban J connectivity index is 1.51. The van der Waals surface area contributed by atoms with Gasteiger partial charge in [0.2, 0.25) is 0 Å². The smallest absolute Gasteiger partial charge is 0.289 e. The van der Waals surface area contributed by atoms with Crippen LogP contribution in [0.4, 0.5) is 5.82 Å². The van der Waals surface area contributed by atoms with Gasteiger partial charge in [-0.1, -0.05) is 6.07 Å². The van der Waals surface area contributed by atoms with E-state index in [-0.39, 0.29) is 11.3 Å². The summed E-state index contributed by atoms with van der Waals surface area (Å²) in [4.78, 5) is 21.3.